The number of nitrogens with one attached hydrogen (secondary N) is 2. The number of hydrogen-bond acceptors (Lipinski definition) is 4. The predicted molar refractivity (Wildman–Crippen MR) is 130 cm³/mol. The number of aliphatic carboxylic acids is 1. The Morgan fingerprint density at radius 3 is 2.14 bits per heavy atom. The minimum Gasteiger partial charge on any atom is -0.481 e. The molecule has 0 aromatic heterocycles. The summed E-state index contributed by atoms with van der Waals surface area (Å²) < 4.78 is 5.51. The van der Waals surface area contributed by atoms with Crippen LogP contribution in [0.5, 0.6) is 0 Å². The zero-order chi connectivity index (χ0) is 24.4. The Morgan fingerprint density at radius 1 is 0.886 bits per heavy atom. The average molecular weight is 471 g/mol. The minimum absolute atomic E-state index is 0.0806. The summed E-state index contributed by atoms with van der Waals surface area (Å²) in [6.07, 6.45) is 0.213. The highest BCUT2D eigenvalue weighted by atomic mass is 16.5. The predicted octanol–water partition coefficient (Wildman–Crippen LogP) is 4.17. The lowest BCUT2D eigenvalue weighted by atomic mass is 9.98. The average Bonchev–Trinajstić information content (AvgIpc) is 3.41. The van der Waals surface area contributed by atoms with Crippen molar-refractivity contribution in [3.63, 3.8) is 0 Å². The Bertz CT molecular complexity index is 1240. The van der Waals surface area contributed by atoms with Gasteiger partial charge < -0.3 is 20.5 Å². The van der Waals surface area contributed by atoms with Crippen molar-refractivity contribution in [3.05, 3.63) is 95.1 Å². The van der Waals surface area contributed by atoms with Gasteiger partial charge in [-0.3, -0.25) is 9.59 Å². The van der Waals surface area contributed by atoms with Crippen LogP contribution in [-0.2, 0) is 20.7 Å². The molecule has 0 saturated heterocycles. The number of aryl methyl sites for hydroxylation is 1. The highest BCUT2D eigenvalue weighted by molar-refractivity contribution is 5.89. The zero-order valence-electron chi connectivity index (χ0n) is 19.1. The van der Waals surface area contributed by atoms with Gasteiger partial charge in [0, 0.05) is 5.92 Å². The monoisotopic (exact) mass is 470 g/mol. The molecule has 0 radical (unpaired) electrons. The van der Waals surface area contributed by atoms with Gasteiger partial charge in [-0.05, 0) is 46.2 Å². The maximum absolute atomic E-state index is 12.9. The first kappa shape index (κ1) is 22.7. The molecule has 0 saturated carbocycles. The molecule has 2 aliphatic rings. The topological polar surface area (TPSA) is 105 Å². The van der Waals surface area contributed by atoms with Crippen LogP contribution in [0.2, 0.25) is 0 Å². The highest BCUT2D eigenvalue weighted by Gasteiger charge is 2.32. The number of hydrogen-bond donors (Lipinski definition) is 3. The van der Waals surface area contributed by atoms with Crippen LogP contribution in [0.1, 0.15) is 47.1 Å². The van der Waals surface area contributed by atoms with Crippen molar-refractivity contribution < 1.29 is 24.2 Å². The second-order valence-electron chi connectivity index (χ2n) is 8.92. The molecule has 2 aliphatic carbocycles. The zero-order valence-corrected chi connectivity index (χ0v) is 19.1. The Morgan fingerprint density at radius 2 is 1.49 bits per heavy atom. The lowest BCUT2D eigenvalue weighted by Crippen LogP contribution is -2.48. The molecule has 3 aromatic carbocycles. The van der Waals surface area contributed by atoms with E-state index in [0.717, 1.165) is 46.2 Å². The number of benzene rings is 3. The number of ether oxygens (including phenoxy) is 1. The number of carboxylic acid groups (broad SMARTS) is 1. The van der Waals surface area contributed by atoms with E-state index in [1.165, 1.54) is 0 Å². The summed E-state index contributed by atoms with van der Waals surface area (Å²) in [5.74, 6) is -1.85. The van der Waals surface area contributed by atoms with Gasteiger partial charge in [0.25, 0.3) is 0 Å². The summed E-state index contributed by atoms with van der Waals surface area (Å²) in [5, 5.41) is 14.7. The summed E-state index contributed by atoms with van der Waals surface area (Å²) in [7, 11) is 0. The molecule has 0 bridgehead atoms. The molecule has 0 fully saturated rings. The number of fused-ring (bicyclic) bond motifs is 4. The van der Waals surface area contributed by atoms with Crippen molar-refractivity contribution >= 4 is 18.0 Å². The first-order valence-corrected chi connectivity index (χ1v) is 11.7. The van der Waals surface area contributed by atoms with Crippen LogP contribution in [0.15, 0.2) is 72.8 Å². The fourth-order valence-electron chi connectivity index (χ4n) is 5.15. The third-order valence-corrected chi connectivity index (χ3v) is 6.78. The Hall–Kier alpha value is -4.13. The first-order chi connectivity index (χ1) is 17.0. The lowest BCUT2D eigenvalue weighted by Gasteiger charge is -2.21. The molecular formula is C28H26N2O5. The van der Waals surface area contributed by atoms with Gasteiger partial charge in [-0.2, -0.15) is 0 Å². The SMILES string of the molecule is O=C(O)CC(NC(=O)OCC1c2ccccc2-c2ccccc21)C(=O)NC1CCc2ccccc21. The molecular weight excluding hydrogens is 444 g/mol. The Balaban J connectivity index is 1.24. The van der Waals surface area contributed by atoms with Crippen molar-refractivity contribution in [2.24, 2.45) is 0 Å². The van der Waals surface area contributed by atoms with Crippen molar-refractivity contribution in [1.82, 2.24) is 10.6 Å². The summed E-state index contributed by atoms with van der Waals surface area (Å²) in [4.78, 5) is 37.0. The van der Waals surface area contributed by atoms with Crippen molar-refractivity contribution in [3.8, 4) is 11.1 Å². The summed E-state index contributed by atoms with van der Waals surface area (Å²) in [6, 6.07) is 22.4. The van der Waals surface area contributed by atoms with E-state index in [9.17, 15) is 19.5 Å². The number of carbonyl (C=O) groups is 3. The van der Waals surface area contributed by atoms with Gasteiger partial charge in [-0.15, -0.1) is 0 Å². The number of rotatable bonds is 7. The fourth-order valence-corrected chi connectivity index (χ4v) is 5.15. The van der Waals surface area contributed by atoms with Gasteiger partial charge in [-0.25, -0.2) is 4.79 Å². The molecule has 7 nitrogen and oxygen atoms in total. The normalized spacial score (nSPS) is 16.5. The molecule has 0 aliphatic heterocycles. The van der Waals surface area contributed by atoms with E-state index in [1.807, 2.05) is 72.8 Å². The maximum Gasteiger partial charge on any atom is 0.407 e. The minimum atomic E-state index is -1.24. The van der Waals surface area contributed by atoms with Crippen molar-refractivity contribution in [2.45, 2.75) is 37.3 Å². The molecule has 3 aromatic rings. The van der Waals surface area contributed by atoms with Crippen molar-refractivity contribution in [1.29, 1.82) is 0 Å². The molecule has 2 amide bonds. The molecule has 0 heterocycles. The molecule has 2 atom stereocenters. The van der Waals surface area contributed by atoms with E-state index < -0.39 is 30.4 Å². The summed E-state index contributed by atoms with van der Waals surface area (Å²) >= 11 is 0. The van der Waals surface area contributed by atoms with Gasteiger partial charge in [0.05, 0.1) is 12.5 Å². The molecule has 0 spiro atoms. The lowest BCUT2D eigenvalue weighted by molar-refractivity contribution is -0.140. The second kappa shape index (κ2) is 9.62. The fraction of sp³-hybridized carbons (Fsp3) is 0.250. The maximum atomic E-state index is 12.9. The molecule has 178 valence electrons. The van der Waals surface area contributed by atoms with E-state index in [4.69, 9.17) is 4.74 Å². The number of carboxylic acids is 1. The van der Waals surface area contributed by atoms with Crippen LogP contribution in [0.3, 0.4) is 0 Å². The second-order valence-corrected chi connectivity index (χ2v) is 8.92. The molecule has 2 unspecified atom stereocenters. The van der Waals surface area contributed by atoms with E-state index in [0.29, 0.717) is 0 Å². The molecule has 5 rings (SSSR count). The third kappa shape index (κ3) is 4.62. The quantitative estimate of drug-likeness (QED) is 0.481. The molecule has 3 N–H and O–H groups in total. The smallest absolute Gasteiger partial charge is 0.407 e. The van der Waals surface area contributed by atoms with Crippen LogP contribution in [-0.4, -0.2) is 35.7 Å². The number of alkyl carbamates (subject to hydrolysis) is 1. The third-order valence-electron chi connectivity index (χ3n) is 6.78. The van der Waals surface area contributed by atoms with Crippen LogP contribution in [0.4, 0.5) is 4.79 Å². The van der Waals surface area contributed by atoms with Gasteiger partial charge in [0.2, 0.25) is 5.91 Å². The van der Waals surface area contributed by atoms with E-state index in [-0.39, 0.29) is 18.6 Å². The van der Waals surface area contributed by atoms with Gasteiger partial charge in [0.15, 0.2) is 0 Å². The van der Waals surface area contributed by atoms with Crippen LogP contribution in [0, 0.1) is 0 Å². The Kier molecular flexibility index (Phi) is 6.23. The first-order valence-electron chi connectivity index (χ1n) is 11.7. The summed E-state index contributed by atoms with van der Waals surface area (Å²) in [6.45, 7) is 0.0806. The van der Waals surface area contributed by atoms with E-state index in [1.54, 1.807) is 0 Å². The number of amides is 2. The molecule has 7 heteroatoms. The van der Waals surface area contributed by atoms with E-state index in [2.05, 4.69) is 10.6 Å². The van der Waals surface area contributed by atoms with Gasteiger partial charge >= 0.3 is 12.1 Å². The Labute approximate surface area is 203 Å². The van der Waals surface area contributed by atoms with Crippen molar-refractivity contribution in [2.75, 3.05) is 6.61 Å². The van der Waals surface area contributed by atoms with Crippen LogP contribution >= 0.6 is 0 Å². The van der Waals surface area contributed by atoms with Gasteiger partial charge in [0.1, 0.15) is 12.6 Å². The summed E-state index contributed by atoms with van der Waals surface area (Å²) in [5.41, 5.74) is 6.55. The standard InChI is InChI=1S/C28H26N2O5/c31-26(32)15-25(27(33)29-24-14-13-17-7-1-2-8-18(17)24)30-28(34)35-16-23-21-11-5-3-9-19(21)20-10-4-6-12-22(20)23/h1-12,23-25H,13-16H2,(H,29,33)(H,30,34)(H,31,32). The number of carbonyl (C=O) groups excluding carboxylic acids is 2. The largest absolute Gasteiger partial charge is 0.481 e. The molecule has 35 heavy (non-hydrogen) atoms. The van der Waals surface area contributed by atoms with E-state index >= 15 is 0 Å². The van der Waals surface area contributed by atoms with Crippen LogP contribution < -0.4 is 10.6 Å². The van der Waals surface area contributed by atoms with Crippen LogP contribution in [0.25, 0.3) is 11.1 Å². The van der Waals surface area contributed by atoms with Gasteiger partial charge in [-0.1, -0.05) is 72.8 Å². The highest BCUT2D eigenvalue weighted by Crippen LogP contribution is 2.44.